The van der Waals surface area contributed by atoms with Crippen molar-refractivity contribution in [3.63, 3.8) is 0 Å². The first-order chi connectivity index (χ1) is 6.17. The molecule has 0 saturated heterocycles. The zero-order valence-corrected chi connectivity index (χ0v) is 9.09. The fraction of sp³-hybridized carbons (Fsp3) is 0.333. The fourth-order valence-corrected chi connectivity index (χ4v) is 1.30. The number of aromatic nitrogens is 1. The summed E-state index contributed by atoms with van der Waals surface area (Å²) in [5, 5.41) is 0.638. The second-order valence-electron chi connectivity index (χ2n) is 2.65. The van der Waals surface area contributed by atoms with Gasteiger partial charge in [-0.05, 0) is 24.6 Å². The van der Waals surface area contributed by atoms with Crippen molar-refractivity contribution in [1.82, 2.24) is 4.98 Å². The third-order valence-electron chi connectivity index (χ3n) is 1.55. The standard InChI is InChI=1S/C9H10BrNO2/c1-6-3-7(5-10)11-8(4-6)9(12)13-2/h3-4H,5H2,1-2H3. The Morgan fingerprint density at radius 1 is 1.62 bits per heavy atom. The van der Waals surface area contributed by atoms with Crippen molar-refractivity contribution in [2.75, 3.05) is 7.11 Å². The Hall–Kier alpha value is -0.900. The topological polar surface area (TPSA) is 39.2 Å². The third kappa shape index (κ3) is 2.52. The fourth-order valence-electron chi connectivity index (χ4n) is 1.02. The van der Waals surface area contributed by atoms with Gasteiger partial charge in [-0.2, -0.15) is 0 Å². The van der Waals surface area contributed by atoms with Crippen molar-refractivity contribution in [3.8, 4) is 0 Å². The van der Waals surface area contributed by atoms with Gasteiger partial charge in [-0.25, -0.2) is 9.78 Å². The van der Waals surface area contributed by atoms with E-state index in [9.17, 15) is 4.79 Å². The lowest BCUT2D eigenvalue weighted by Gasteiger charge is -2.02. The molecular formula is C9H10BrNO2. The molecule has 3 nitrogen and oxygen atoms in total. The van der Waals surface area contributed by atoms with E-state index in [-0.39, 0.29) is 0 Å². The molecule has 0 aliphatic rings. The molecule has 0 bridgehead atoms. The van der Waals surface area contributed by atoms with E-state index >= 15 is 0 Å². The summed E-state index contributed by atoms with van der Waals surface area (Å²) < 4.78 is 4.57. The monoisotopic (exact) mass is 243 g/mol. The smallest absolute Gasteiger partial charge is 0.356 e. The van der Waals surface area contributed by atoms with E-state index in [1.54, 1.807) is 6.07 Å². The predicted molar refractivity (Wildman–Crippen MR) is 52.9 cm³/mol. The number of ether oxygens (including phenoxy) is 1. The van der Waals surface area contributed by atoms with Gasteiger partial charge in [0.2, 0.25) is 0 Å². The van der Waals surface area contributed by atoms with Gasteiger partial charge in [0.25, 0.3) is 0 Å². The quantitative estimate of drug-likeness (QED) is 0.590. The predicted octanol–water partition coefficient (Wildman–Crippen LogP) is 2.07. The molecule has 1 aromatic heterocycles. The number of carbonyl (C=O) groups excluding carboxylic acids is 1. The molecule has 0 N–H and O–H groups in total. The number of hydrogen-bond acceptors (Lipinski definition) is 3. The summed E-state index contributed by atoms with van der Waals surface area (Å²) in [5.41, 5.74) is 2.20. The molecular weight excluding hydrogens is 234 g/mol. The largest absolute Gasteiger partial charge is 0.464 e. The van der Waals surface area contributed by atoms with Gasteiger partial charge in [0.05, 0.1) is 12.8 Å². The highest BCUT2D eigenvalue weighted by Crippen LogP contribution is 2.08. The molecule has 0 aliphatic heterocycles. The summed E-state index contributed by atoms with van der Waals surface area (Å²) >= 11 is 3.28. The maximum atomic E-state index is 11.1. The van der Waals surface area contributed by atoms with Crippen LogP contribution in [-0.4, -0.2) is 18.1 Å². The Balaban J connectivity index is 3.08. The molecule has 1 aromatic rings. The molecule has 70 valence electrons. The van der Waals surface area contributed by atoms with E-state index in [1.165, 1.54) is 7.11 Å². The zero-order valence-electron chi connectivity index (χ0n) is 7.50. The minimum atomic E-state index is -0.397. The summed E-state index contributed by atoms with van der Waals surface area (Å²) in [6.07, 6.45) is 0. The van der Waals surface area contributed by atoms with E-state index in [4.69, 9.17) is 0 Å². The highest BCUT2D eigenvalue weighted by Gasteiger charge is 2.08. The molecule has 0 unspecified atom stereocenters. The average Bonchev–Trinajstić information content (AvgIpc) is 2.15. The second-order valence-corrected chi connectivity index (χ2v) is 3.21. The number of hydrogen-bond donors (Lipinski definition) is 0. The maximum absolute atomic E-state index is 11.1. The van der Waals surface area contributed by atoms with Crippen LogP contribution in [0.15, 0.2) is 12.1 Å². The lowest BCUT2D eigenvalue weighted by Crippen LogP contribution is -2.06. The SMILES string of the molecule is COC(=O)c1cc(C)cc(CBr)n1. The van der Waals surface area contributed by atoms with E-state index in [0.717, 1.165) is 11.3 Å². The first-order valence-corrected chi connectivity index (χ1v) is 4.91. The van der Waals surface area contributed by atoms with Crippen LogP contribution in [0.1, 0.15) is 21.7 Å². The first-order valence-electron chi connectivity index (χ1n) is 3.79. The van der Waals surface area contributed by atoms with Gasteiger partial charge in [-0.15, -0.1) is 0 Å². The molecule has 13 heavy (non-hydrogen) atoms. The summed E-state index contributed by atoms with van der Waals surface area (Å²) in [4.78, 5) is 15.2. The van der Waals surface area contributed by atoms with Crippen molar-refractivity contribution in [2.45, 2.75) is 12.3 Å². The van der Waals surface area contributed by atoms with Crippen molar-refractivity contribution in [3.05, 3.63) is 29.1 Å². The highest BCUT2D eigenvalue weighted by atomic mass is 79.9. The van der Waals surface area contributed by atoms with Crippen LogP contribution in [0.5, 0.6) is 0 Å². The lowest BCUT2D eigenvalue weighted by molar-refractivity contribution is 0.0593. The summed E-state index contributed by atoms with van der Waals surface area (Å²) in [7, 11) is 1.35. The number of rotatable bonds is 2. The Morgan fingerprint density at radius 2 is 2.31 bits per heavy atom. The molecule has 0 fully saturated rings. The number of nitrogens with zero attached hydrogens (tertiary/aromatic N) is 1. The van der Waals surface area contributed by atoms with E-state index in [1.807, 2.05) is 13.0 Å². The molecule has 0 amide bonds. The van der Waals surface area contributed by atoms with Gasteiger partial charge in [0.15, 0.2) is 0 Å². The summed E-state index contributed by atoms with van der Waals surface area (Å²) in [6.45, 7) is 1.92. The van der Waals surface area contributed by atoms with Crippen molar-refractivity contribution < 1.29 is 9.53 Å². The number of halogens is 1. The van der Waals surface area contributed by atoms with Crippen molar-refractivity contribution in [2.24, 2.45) is 0 Å². The normalized spacial score (nSPS) is 9.77. The van der Waals surface area contributed by atoms with Crippen LogP contribution in [0.25, 0.3) is 0 Å². The van der Waals surface area contributed by atoms with E-state index < -0.39 is 5.97 Å². The van der Waals surface area contributed by atoms with E-state index in [0.29, 0.717) is 11.0 Å². The van der Waals surface area contributed by atoms with Gasteiger partial charge in [-0.3, -0.25) is 0 Å². The van der Waals surface area contributed by atoms with Crippen LogP contribution in [0.3, 0.4) is 0 Å². The average molecular weight is 244 g/mol. The summed E-state index contributed by atoms with van der Waals surface area (Å²) in [5.74, 6) is -0.397. The van der Waals surface area contributed by atoms with Crippen molar-refractivity contribution >= 4 is 21.9 Å². The van der Waals surface area contributed by atoms with E-state index in [2.05, 4.69) is 25.7 Å². The Labute approximate surface area is 85.3 Å². The second kappa shape index (κ2) is 4.37. The van der Waals surface area contributed by atoms with Crippen LogP contribution in [0.4, 0.5) is 0 Å². The Morgan fingerprint density at radius 3 is 2.85 bits per heavy atom. The molecule has 4 heteroatoms. The number of aryl methyl sites for hydroxylation is 1. The molecule has 0 saturated carbocycles. The van der Waals surface area contributed by atoms with Gasteiger partial charge in [-0.1, -0.05) is 15.9 Å². The maximum Gasteiger partial charge on any atom is 0.356 e. The Bertz CT molecular complexity index is 325. The molecule has 0 atom stereocenters. The van der Waals surface area contributed by atoms with Crippen LogP contribution in [-0.2, 0) is 10.1 Å². The number of carbonyl (C=O) groups is 1. The molecule has 0 aliphatic carbocycles. The van der Waals surface area contributed by atoms with Crippen LogP contribution in [0, 0.1) is 6.92 Å². The molecule has 0 spiro atoms. The van der Waals surface area contributed by atoms with Gasteiger partial charge in [0, 0.05) is 5.33 Å². The molecule has 0 radical (unpaired) electrons. The molecule has 1 rings (SSSR count). The van der Waals surface area contributed by atoms with Gasteiger partial charge in [0.1, 0.15) is 5.69 Å². The third-order valence-corrected chi connectivity index (χ3v) is 2.13. The van der Waals surface area contributed by atoms with Crippen molar-refractivity contribution in [1.29, 1.82) is 0 Å². The van der Waals surface area contributed by atoms with Crippen LogP contribution >= 0.6 is 15.9 Å². The molecule has 0 aromatic carbocycles. The Kier molecular flexibility index (Phi) is 3.42. The van der Waals surface area contributed by atoms with Crippen LogP contribution < -0.4 is 0 Å². The minimum absolute atomic E-state index is 0.358. The number of pyridine rings is 1. The zero-order chi connectivity index (χ0) is 9.84. The number of esters is 1. The van der Waals surface area contributed by atoms with Gasteiger partial charge >= 0.3 is 5.97 Å². The number of methoxy groups -OCH3 is 1. The summed E-state index contributed by atoms with van der Waals surface area (Å²) in [6, 6.07) is 3.62. The van der Waals surface area contributed by atoms with Gasteiger partial charge < -0.3 is 4.74 Å². The van der Waals surface area contributed by atoms with Crippen LogP contribution in [0.2, 0.25) is 0 Å². The lowest BCUT2D eigenvalue weighted by atomic mass is 10.2. The minimum Gasteiger partial charge on any atom is -0.464 e. The number of alkyl halides is 1. The first kappa shape index (κ1) is 10.2. The molecule has 1 heterocycles. The highest BCUT2D eigenvalue weighted by molar-refractivity contribution is 9.08.